The molecule has 1 heterocycles. The Balaban J connectivity index is 1.52. The first-order valence-electron chi connectivity index (χ1n) is 10.9. The normalized spacial score (nSPS) is 24.4. The summed E-state index contributed by atoms with van der Waals surface area (Å²) < 4.78 is 15.5. The van der Waals surface area contributed by atoms with Gasteiger partial charge in [-0.2, -0.15) is 10.4 Å². The lowest BCUT2D eigenvalue weighted by atomic mass is 9.75. The maximum absolute atomic E-state index is 13.8. The number of halogens is 2. The molecular weight excluding hydrogens is 417 g/mol. The molecule has 0 spiro atoms. The van der Waals surface area contributed by atoms with E-state index in [9.17, 15) is 14.4 Å². The quantitative estimate of drug-likeness (QED) is 0.595. The Hall–Kier alpha value is -2.59. The van der Waals surface area contributed by atoms with Crippen LogP contribution in [0.4, 0.5) is 15.9 Å². The van der Waals surface area contributed by atoms with Crippen LogP contribution in [-0.2, 0) is 0 Å². The second-order valence-corrected chi connectivity index (χ2v) is 9.43. The molecule has 4 rings (SSSR count). The maximum atomic E-state index is 13.8. The number of aromatic nitrogens is 2. The Bertz CT molecular complexity index is 1010. The third-order valence-electron chi connectivity index (χ3n) is 6.74. The summed E-state index contributed by atoms with van der Waals surface area (Å²) in [6.45, 7) is 2.33. The largest absolute Gasteiger partial charge is 0.365 e. The molecule has 1 aromatic carbocycles. The first kappa shape index (κ1) is 21.6. The van der Waals surface area contributed by atoms with Crippen LogP contribution in [0.25, 0.3) is 0 Å². The molecule has 164 valence electrons. The van der Waals surface area contributed by atoms with Crippen molar-refractivity contribution in [2.75, 3.05) is 5.32 Å². The molecule has 0 aliphatic heterocycles. The fraction of sp³-hybridized carbons (Fsp3) is 0.522. The van der Waals surface area contributed by atoms with Gasteiger partial charge >= 0.3 is 0 Å². The van der Waals surface area contributed by atoms with Gasteiger partial charge in [0.2, 0.25) is 0 Å². The third-order valence-corrected chi connectivity index (χ3v) is 7.05. The molecule has 2 aromatic rings. The maximum Gasteiger partial charge on any atom is 0.254 e. The summed E-state index contributed by atoms with van der Waals surface area (Å²) in [4.78, 5) is 12.0. The van der Waals surface area contributed by atoms with Crippen LogP contribution in [0.15, 0.2) is 24.4 Å². The number of amides is 1. The molecule has 0 unspecified atom stereocenters. The van der Waals surface area contributed by atoms with E-state index in [1.165, 1.54) is 31.4 Å². The predicted octanol–water partition coefficient (Wildman–Crippen LogP) is 5.44. The standard InChI is InChI=1S/C23H27ClFN5O/c1-13(15-3-4-15)8-14-2-7-21(16(9-14)11-26)30-12-18(22(27)31)23(29-30)28-17-5-6-19(24)20(25)10-17/h5-6,10,12-16,21H,2-4,7-9H2,1H3,(H2,27,31)(H,28,29)/t13-,14-,16-,21+/m1/s1. The molecule has 3 N–H and O–H groups in total. The van der Waals surface area contributed by atoms with Crippen molar-refractivity contribution in [2.24, 2.45) is 29.4 Å². The van der Waals surface area contributed by atoms with Crippen molar-refractivity contribution in [2.45, 2.75) is 51.5 Å². The zero-order chi connectivity index (χ0) is 22.1. The van der Waals surface area contributed by atoms with Crippen LogP contribution in [0.5, 0.6) is 0 Å². The number of anilines is 2. The molecule has 31 heavy (non-hydrogen) atoms. The van der Waals surface area contributed by atoms with Crippen molar-refractivity contribution >= 4 is 29.0 Å². The molecule has 1 amide bonds. The van der Waals surface area contributed by atoms with Gasteiger partial charge in [0.05, 0.1) is 23.1 Å². The minimum atomic E-state index is -0.636. The Morgan fingerprint density at radius 1 is 1.42 bits per heavy atom. The Kier molecular flexibility index (Phi) is 6.19. The number of rotatable bonds is 7. The smallest absolute Gasteiger partial charge is 0.254 e. The van der Waals surface area contributed by atoms with Crippen molar-refractivity contribution in [3.63, 3.8) is 0 Å². The van der Waals surface area contributed by atoms with Crippen molar-refractivity contribution in [1.29, 1.82) is 5.26 Å². The molecule has 0 bridgehead atoms. The van der Waals surface area contributed by atoms with Crippen molar-refractivity contribution in [3.8, 4) is 6.07 Å². The topological polar surface area (TPSA) is 96.7 Å². The highest BCUT2D eigenvalue weighted by atomic mass is 35.5. The number of nitrogens with two attached hydrogens (primary N) is 1. The van der Waals surface area contributed by atoms with E-state index in [1.54, 1.807) is 16.9 Å². The molecule has 6 nitrogen and oxygen atoms in total. The van der Waals surface area contributed by atoms with Crippen molar-refractivity contribution in [3.05, 3.63) is 40.8 Å². The number of benzene rings is 1. The summed E-state index contributed by atoms with van der Waals surface area (Å²) in [6.07, 6.45) is 8.17. The fourth-order valence-electron chi connectivity index (χ4n) is 4.84. The summed E-state index contributed by atoms with van der Waals surface area (Å²) in [7, 11) is 0. The minimum Gasteiger partial charge on any atom is -0.365 e. The number of nitrogens with zero attached hydrogens (tertiary/aromatic N) is 3. The van der Waals surface area contributed by atoms with E-state index in [-0.39, 0.29) is 28.4 Å². The van der Waals surface area contributed by atoms with Crippen LogP contribution in [0.3, 0.4) is 0 Å². The molecular formula is C23H27ClFN5O. The second kappa shape index (κ2) is 8.88. The zero-order valence-corrected chi connectivity index (χ0v) is 18.3. The zero-order valence-electron chi connectivity index (χ0n) is 17.5. The van der Waals surface area contributed by atoms with Gasteiger partial charge in [0.15, 0.2) is 5.82 Å². The average molecular weight is 444 g/mol. The van der Waals surface area contributed by atoms with Crippen LogP contribution in [0.1, 0.15) is 61.8 Å². The summed E-state index contributed by atoms with van der Waals surface area (Å²) in [5.74, 6) is 1.01. The van der Waals surface area contributed by atoms with Crippen LogP contribution in [-0.4, -0.2) is 15.7 Å². The molecule has 0 saturated heterocycles. The van der Waals surface area contributed by atoms with Gasteiger partial charge in [0.25, 0.3) is 5.91 Å². The first-order chi connectivity index (χ1) is 14.9. The van der Waals surface area contributed by atoms with E-state index >= 15 is 0 Å². The number of primary amides is 1. The number of hydrogen-bond donors (Lipinski definition) is 2. The number of nitriles is 1. The lowest BCUT2D eigenvalue weighted by molar-refractivity contribution is 0.100. The highest BCUT2D eigenvalue weighted by molar-refractivity contribution is 6.30. The Labute approximate surface area is 186 Å². The van der Waals surface area contributed by atoms with Gasteiger partial charge < -0.3 is 11.1 Å². The SMILES string of the molecule is C[C@H](C[C@H]1CC[C@H](n2cc(C(N)=O)c(Nc3ccc(Cl)c(F)c3)n2)[C@@H](C#N)C1)C1CC1. The van der Waals surface area contributed by atoms with Crippen molar-refractivity contribution < 1.29 is 9.18 Å². The van der Waals surface area contributed by atoms with Crippen LogP contribution < -0.4 is 11.1 Å². The van der Waals surface area contributed by atoms with Crippen molar-refractivity contribution in [1.82, 2.24) is 9.78 Å². The van der Waals surface area contributed by atoms with E-state index in [4.69, 9.17) is 17.3 Å². The van der Waals surface area contributed by atoms with Gasteiger partial charge in [-0.3, -0.25) is 9.48 Å². The highest BCUT2D eigenvalue weighted by Crippen LogP contribution is 2.44. The lowest BCUT2D eigenvalue weighted by Gasteiger charge is -2.33. The molecule has 8 heteroatoms. The van der Waals surface area contributed by atoms with Gasteiger partial charge in [0, 0.05) is 11.9 Å². The average Bonchev–Trinajstić information content (AvgIpc) is 3.51. The Morgan fingerprint density at radius 3 is 2.84 bits per heavy atom. The third kappa shape index (κ3) is 4.85. The van der Waals surface area contributed by atoms with E-state index in [0.29, 0.717) is 11.6 Å². The molecule has 2 aliphatic carbocycles. The van der Waals surface area contributed by atoms with Crippen LogP contribution in [0, 0.1) is 40.8 Å². The number of carbonyl (C=O) groups excluding carboxylic acids is 1. The van der Waals surface area contributed by atoms with E-state index in [1.807, 2.05) is 0 Å². The summed E-state index contributed by atoms with van der Waals surface area (Å²) in [6, 6.07) is 6.60. The number of carbonyl (C=O) groups is 1. The fourth-order valence-corrected chi connectivity index (χ4v) is 4.96. The second-order valence-electron chi connectivity index (χ2n) is 9.02. The van der Waals surface area contributed by atoms with E-state index in [0.717, 1.165) is 31.1 Å². The Morgan fingerprint density at radius 2 is 2.19 bits per heavy atom. The summed E-state index contributed by atoms with van der Waals surface area (Å²) in [5.41, 5.74) is 6.16. The predicted molar refractivity (Wildman–Crippen MR) is 117 cm³/mol. The lowest BCUT2D eigenvalue weighted by Crippen LogP contribution is -2.28. The van der Waals surface area contributed by atoms with E-state index in [2.05, 4.69) is 23.4 Å². The molecule has 1 aromatic heterocycles. The molecule has 2 fully saturated rings. The van der Waals surface area contributed by atoms with Crippen LogP contribution in [0.2, 0.25) is 5.02 Å². The number of hydrogen-bond acceptors (Lipinski definition) is 4. The molecule has 4 atom stereocenters. The van der Waals surface area contributed by atoms with E-state index < -0.39 is 11.7 Å². The summed E-state index contributed by atoms with van der Waals surface area (Å²) in [5, 5.41) is 17.3. The van der Waals surface area contributed by atoms with Gasteiger partial charge in [0.1, 0.15) is 11.4 Å². The summed E-state index contributed by atoms with van der Waals surface area (Å²) >= 11 is 5.74. The van der Waals surface area contributed by atoms with Gasteiger partial charge in [-0.15, -0.1) is 0 Å². The van der Waals surface area contributed by atoms with Gasteiger partial charge in [-0.25, -0.2) is 4.39 Å². The molecule has 0 radical (unpaired) electrons. The monoisotopic (exact) mass is 443 g/mol. The number of nitrogens with one attached hydrogen (secondary N) is 1. The minimum absolute atomic E-state index is 0.0100. The van der Waals surface area contributed by atoms with Crippen LogP contribution >= 0.6 is 11.6 Å². The van der Waals surface area contributed by atoms with Gasteiger partial charge in [-0.05, 0) is 74.5 Å². The first-order valence-corrected chi connectivity index (χ1v) is 11.2. The highest BCUT2D eigenvalue weighted by Gasteiger charge is 2.36. The molecule has 2 saturated carbocycles. The van der Waals surface area contributed by atoms with Gasteiger partial charge in [-0.1, -0.05) is 18.5 Å². The molecule has 2 aliphatic rings.